The zero-order valence-corrected chi connectivity index (χ0v) is 8.46. The number of rotatable bonds is 0. The van der Waals surface area contributed by atoms with Crippen molar-refractivity contribution in [3.63, 3.8) is 0 Å². The quantitative estimate of drug-likeness (QED) is 0.566. The van der Waals surface area contributed by atoms with E-state index in [0.29, 0.717) is 0 Å². The Bertz CT molecular complexity index is 8.75. The molecule has 0 aliphatic heterocycles. The van der Waals surface area contributed by atoms with Gasteiger partial charge in [-0.2, -0.15) is 0 Å². The van der Waals surface area contributed by atoms with Gasteiger partial charge in [0.2, 0.25) is 0 Å². The van der Waals surface area contributed by atoms with E-state index in [1.54, 1.807) is 0 Å². The van der Waals surface area contributed by atoms with Gasteiger partial charge in [-0.25, -0.2) is 0 Å². The van der Waals surface area contributed by atoms with Crippen molar-refractivity contribution in [2.24, 2.45) is 0 Å². The van der Waals surface area contributed by atoms with Crippen molar-refractivity contribution in [2.75, 3.05) is 0 Å². The van der Waals surface area contributed by atoms with Crippen molar-refractivity contribution in [3.8, 4) is 0 Å². The molecule has 0 amide bonds. The van der Waals surface area contributed by atoms with E-state index in [0.717, 1.165) is 0 Å². The minimum Gasteiger partial charge on any atom is -2.00 e. The Hall–Kier alpha value is 2.02. The first-order valence-electron chi connectivity index (χ1n) is 0. The molecule has 0 saturated carbocycles. The van der Waals surface area contributed by atoms with Gasteiger partial charge in [0, 0.05) is 0 Å². The van der Waals surface area contributed by atoms with Crippen LogP contribution < -0.4 is 0 Å². The SMILES string of the molecule is F.[O-2].[O-2].[O-2].[Y+3].[Y+3]. The molecule has 0 unspecified atom stereocenters. The monoisotopic (exact) mass is 246 g/mol. The van der Waals surface area contributed by atoms with E-state index in [9.17, 15) is 0 Å². The van der Waals surface area contributed by atoms with Crippen molar-refractivity contribution in [1.82, 2.24) is 0 Å². The van der Waals surface area contributed by atoms with Crippen LogP contribution in [0.2, 0.25) is 0 Å². The van der Waals surface area contributed by atoms with Crippen LogP contribution in [0.15, 0.2) is 0 Å². The van der Waals surface area contributed by atoms with Gasteiger partial charge in [-0.15, -0.1) is 0 Å². The average Bonchev–Trinajstić information content (AvgIpc) is 0. The molecule has 0 radical (unpaired) electrons. The fourth-order valence-electron chi connectivity index (χ4n) is 0. The molecule has 32 valence electrons. The third kappa shape index (κ3) is 37.2. The van der Waals surface area contributed by atoms with Crippen LogP contribution in [0.1, 0.15) is 0 Å². The van der Waals surface area contributed by atoms with E-state index < -0.39 is 0 Å². The first-order valence-corrected chi connectivity index (χ1v) is 0. The summed E-state index contributed by atoms with van der Waals surface area (Å²) in [6.07, 6.45) is 0. The van der Waals surface area contributed by atoms with Gasteiger partial charge in [0.05, 0.1) is 0 Å². The van der Waals surface area contributed by atoms with Gasteiger partial charge in [-0.05, 0) is 0 Å². The summed E-state index contributed by atoms with van der Waals surface area (Å²) in [7, 11) is 0. The Morgan fingerprint density at radius 2 is 0.500 bits per heavy atom. The number of halogens is 1. The second-order valence-corrected chi connectivity index (χ2v) is 0. The van der Waals surface area contributed by atoms with E-state index in [4.69, 9.17) is 0 Å². The molecular formula is HFO3Y2. The summed E-state index contributed by atoms with van der Waals surface area (Å²) in [5.74, 6) is 0. The summed E-state index contributed by atoms with van der Waals surface area (Å²) in [6.45, 7) is 0. The standard InChI is InChI=1S/FH.3O.2Y/h1H;;;;;/q;3*-2;2*+3. The second kappa shape index (κ2) is 62.4. The molecule has 0 aromatic carbocycles. The van der Waals surface area contributed by atoms with Crippen molar-refractivity contribution in [2.45, 2.75) is 0 Å². The molecular weight excluding hydrogens is 245 g/mol. The molecule has 0 rings (SSSR count). The first-order chi connectivity index (χ1) is 0. The molecule has 6 heavy (non-hydrogen) atoms. The Kier molecular flexibility index (Phi) is 1010. The van der Waals surface area contributed by atoms with Gasteiger partial charge < -0.3 is 16.4 Å². The second-order valence-electron chi connectivity index (χ2n) is 0. The molecule has 0 saturated heterocycles. The summed E-state index contributed by atoms with van der Waals surface area (Å²) >= 11 is 0. The van der Waals surface area contributed by atoms with Gasteiger partial charge >= 0.3 is 65.4 Å². The maximum absolute atomic E-state index is 0. The van der Waals surface area contributed by atoms with Crippen molar-refractivity contribution < 1.29 is 86.6 Å². The summed E-state index contributed by atoms with van der Waals surface area (Å²) in [6, 6.07) is 0. The third-order valence-corrected chi connectivity index (χ3v) is 0. The van der Waals surface area contributed by atoms with Gasteiger partial charge in [0.1, 0.15) is 0 Å². The van der Waals surface area contributed by atoms with Gasteiger partial charge in [-0.3, -0.25) is 4.70 Å². The molecule has 0 bridgehead atoms. The fourth-order valence-corrected chi connectivity index (χ4v) is 0. The van der Waals surface area contributed by atoms with Crippen LogP contribution >= 0.6 is 0 Å². The van der Waals surface area contributed by atoms with E-state index in [-0.39, 0.29) is 86.6 Å². The molecule has 0 atom stereocenters. The Balaban J connectivity index is 0. The molecule has 3 nitrogen and oxygen atoms in total. The van der Waals surface area contributed by atoms with E-state index in [2.05, 4.69) is 0 Å². The van der Waals surface area contributed by atoms with Crippen LogP contribution in [-0.2, 0) is 81.8 Å². The maximum Gasteiger partial charge on any atom is 3.00 e. The number of hydrogen-bond acceptors (Lipinski definition) is 0. The van der Waals surface area contributed by atoms with Gasteiger partial charge in [0.25, 0.3) is 0 Å². The predicted octanol–water partition coefficient (Wildman–Crippen LogP) is -0.209. The Labute approximate surface area is 85.3 Å². The van der Waals surface area contributed by atoms with Crippen molar-refractivity contribution in [3.05, 3.63) is 0 Å². The van der Waals surface area contributed by atoms with Crippen LogP contribution in [0, 0.1) is 0 Å². The van der Waals surface area contributed by atoms with Gasteiger partial charge in [-0.1, -0.05) is 0 Å². The fraction of sp³-hybridized carbons (Fsp3) is 0. The molecule has 0 N–H and O–H groups in total. The van der Waals surface area contributed by atoms with E-state index in [1.165, 1.54) is 0 Å². The van der Waals surface area contributed by atoms with Crippen LogP contribution in [0.4, 0.5) is 4.70 Å². The molecule has 0 aliphatic rings. The molecule has 0 fully saturated rings. The summed E-state index contributed by atoms with van der Waals surface area (Å²) < 4.78 is 0. The molecule has 0 aromatic heterocycles. The summed E-state index contributed by atoms with van der Waals surface area (Å²) in [4.78, 5) is 0. The summed E-state index contributed by atoms with van der Waals surface area (Å²) in [5.41, 5.74) is 0. The minimum atomic E-state index is 0. The smallest absolute Gasteiger partial charge is 2.00 e. The minimum absolute atomic E-state index is 0. The number of hydrogen-bond donors (Lipinski definition) is 0. The molecule has 6 heteroatoms. The maximum atomic E-state index is 0. The van der Waals surface area contributed by atoms with E-state index in [1.807, 2.05) is 0 Å². The zero-order chi connectivity index (χ0) is 0. The van der Waals surface area contributed by atoms with Crippen molar-refractivity contribution >= 4 is 0 Å². The largest absolute Gasteiger partial charge is 3.00 e. The normalized spacial score (nSPS) is 0. The molecule has 0 aromatic rings. The van der Waals surface area contributed by atoms with E-state index >= 15 is 0 Å². The topological polar surface area (TPSA) is 85.5 Å². The summed E-state index contributed by atoms with van der Waals surface area (Å²) in [5, 5.41) is 0. The third-order valence-electron chi connectivity index (χ3n) is 0. The first kappa shape index (κ1) is 97.0. The Morgan fingerprint density at radius 1 is 0.500 bits per heavy atom. The molecule has 0 aliphatic carbocycles. The van der Waals surface area contributed by atoms with Gasteiger partial charge in [0.15, 0.2) is 0 Å². The molecule has 0 spiro atoms. The van der Waals surface area contributed by atoms with Crippen LogP contribution in [0.5, 0.6) is 0 Å². The van der Waals surface area contributed by atoms with Crippen molar-refractivity contribution in [1.29, 1.82) is 0 Å². The van der Waals surface area contributed by atoms with Crippen LogP contribution in [-0.4, -0.2) is 0 Å². The predicted molar refractivity (Wildman–Crippen MR) is 4.56 cm³/mol. The Morgan fingerprint density at radius 3 is 0.500 bits per heavy atom. The molecule has 0 heterocycles. The van der Waals surface area contributed by atoms with Crippen LogP contribution in [0.3, 0.4) is 0 Å². The van der Waals surface area contributed by atoms with Crippen LogP contribution in [0.25, 0.3) is 0 Å². The average molecular weight is 246 g/mol. The zero-order valence-electron chi connectivity index (χ0n) is 2.79.